The number of aliphatic hydroxyl groups excluding tert-OH is 1. The van der Waals surface area contributed by atoms with Gasteiger partial charge in [0.25, 0.3) is 5.78 Å². The van der Waals surface area contributed by atoms with Gasteiger partial charge in [-0.2, -0.15) is 5.10 Å². The highest BCUT2D eigenvalue weighted by Gasteiger charge is 2.30. The van der Waals surface area contributed by atoms with Gasteiger partial charge in [-0.25, -0.2) is 13.2 Å². The molecule has 0 fully saturated rings. The second-order valence-corrected chi connectivity index (χ2v) is 6.58. The van der Waals surface area contributed by atoms with Crippen LogP contribution in [0.15, 0.2) is 41.5 Å². The first-order valence-corrected chi connectivity index (χ1v) is 7.67. The van der Waals surface area contributed by atoms with Gasteiger partial charge in [-0.1, -0.05) is 24.3 Å². The first-order valence-electron chi connectivity index (χ1n) is 6.13. The largest absolute Gasteiger partial charge is 0.506 e. The lowest BCUT2D eigenvalue weighted by atomic mass is 10.2. The van der Waals surface area contributed by atoms with E-state index in [0.29, 0.717) is 6.08 Å². The van der Waals surface area contributed by atoms with E-state index >= 15 is 0 Å². The maximum atomic E-state index is 12.5. The fourth-order valence-corrected chi connectivity index (χ4v) is 3.51. The van der Waals surface area contributed by atoms with Gasteiger partial charge in [0.05, 0.1) is 11.4 Å². The lowest BCUT2D eigenvalue weighted by Gasteiger charge is -2.13. The Morgan fingerprint density at radius 1 is 1.32 bits per heavy atom. The highest BCUT2D eigenvalue weighted by atomic mass is 32.2. The van der Waals surface area contributed by atoms with Crippen molar-refractivity contribution >= 4 is 27.3 Å². The lowest BCUT2D eigenvalue weighted by molar-refractivity contribution is -0.146. The average Bonchev–Trinajstić information content (AvgIpc) is 2.98. The van der Waals surface area contributed by atoms with Crippen molar-refractivity contribution in [3.8, 4) is 0 Å². The predicted molar refractivity (Wildman–Crippen MR) is 75.7 cm³/mol. The van der Waals surface area contributed by atoms with E-state index in [-0.39, 0.29) is 17.0 Å². The number of carbonyl (C=O) groups is 2. The number of nitrogens with zero attached hydrogens (tertiary/aromatic N) is 1. The molecule has 2 rings (SSSR count). The third-order valence-corrected chi connectivity index (χ3v) is 5.06. The average molecular weight is 324 g/mol. The molecule has 0 bridgehead atoms. The Balaban J connectivity index is 2.41. The highest BCUT2D eigenvalue weighted by Crippen LogP contribution is 2.26. The molecule has 1 aromatic heterocycles. The number of hydrogen-bond donors (Lipinski definition) is 3. The molecule has 0 spiro atoms. The number of aromatic amines is 1. The third kappa shape index (κ3) is 2.98. The summed E-state index contributed by atoms with van der Waals surface area (Å²) >= 11 is 0. The Bertz CT molecular complexity index is 800. The Morgan fingerprint density at radius 2 is 2.05 bits per heavy atom. The molecule has 1 aliphatic rings. The number of carbonyl (C=O) groups excluding carboxylic acids is 1. The SMILES string of the molecule is O=C(O)C(=O)C=C(O)c1[nH]ncc1S(=O)(=O)C1C=CC=CC1. The van der Waals surface area contributed by atoms with E-state index < -0.39 is 32.6 Å². The zero-order chi connectivity index (χ0) is 16.3. The summed E-state index contributed by atoms with van der Waals surface area (Å²) in [5.41, 5.74) is -0.322. The second-order valence-electron chi connectivity index (χ2n) is 4.44. The van der Waals surface area contributed by atoms with Gasteiger partial charge in [-0.15, -0.1) is 0 Å². The van der Waals surface area contributed by atoms with Gasteiger partial charge < -0.3 is 10.2 Å². The van der Waals surface area contributed by atoms with E-state index in [2.05, 4.69) is 10.2 Å². The van der Waals surface area contributed by atoms with Crippen molar-refractivity contribution in [1.29, 1.82) is 0 Å². The normalized spacial score (nSPS) is 18.4. The number of nitrogens with one attached hydrogen (secondary N) is 1. The third-order valence-electron chi connectivity index (χ3n) is 2.99. The maximum Gasteiger partial charge on any atom is 0.376 e. The minimum atomic E-state index is -3.84. The van der Waals surface area contributed by atoms with Crippen LogP contribution in [-0.2, 0) is 19.4 Å². The van der Waals surface area contributed by atoms with E-state index in [4.69, 9.17) is 5.11 Å². The van der Waals surface area contributed by atoms with Crippen LogP contribution >= 0.6 is 0 Å². The molecule has 0 aliphatic heterocycles. The highest BCUT2D eigenvalue weighted by molar-refractivity contribution is 7.92. The minimum absolute atomic E-state index is 0.266. The smallest absolute Gasteiger partial charge is 0.376 e. The van der Waals surface area contributed by atoms with Crippen LogP contribution in [0.4, 0.5) is 0 Å². The molecule has 116 valence electrons. The van der Waals surface area contributed by atoms with Crippen LogP contribution in [0.25, 0.3) is 5.76 Å². The van der Waals surface area contributed by atoms with Crippen molar-refractivity contribution in [2.45, 2.75) is 16.6 Å². The fraction of sp³-hybridized carbons (Fsp3) is 0.154. The Kier molecular flexibility index (Phi) is 4.27. The molecule has 22 heavy (non-hydrogen) atoms. The standard InChI is InChI=1S/C13H12N2O6S/c16-9(6-10(17)13(18)19)12-11(7-14-15-12)22(20,21)8-4-2-1-3-5-8/h1-4,6-8,16H,5H2,(H,14,15)(H,18,19). The van der Waals surface area contributed by atoms with Crippen LogP contribution in [0.3, 0.4) is 0 Å². The molecule has 0 aromatic carbocycles. The summed E-state index contributed by atoms with van der Waals surface area (Å²) in [7, 11) is -3.84. The zero-order valence-corrected chi connectivity index (χ0v) is 11.9. The van der Waals surface area contributed by atoms with Crippen molar-refractivity contribution in [3.63, 3.8) is 0 Å². The van der Waals surface area contributed by atoms with Gasteiger partial charge in [0.15, 0.2) is 9.84 Å². The molecular weight excluding hydrogens is 312 g/mol. The van der Waals surface area contributed by atoms with Crippen molar-refractivity contribution in [3.05, 3.63) is 42.3 Å². The molecule has 1 aromatic rings. The first kappa shape index (κ1) is 15.7. The Hall–Kier alpha value is -2.68. The van der Waals surface area contributed by atoms with Crippen LogP contribution in [0, 0.1) is 0 Å². The van der Waals surface area contributed by atoms with Gasteiger partial charge >= 0.3 is 5.97 Å². The maximum absolute atomic E-state index is 12.5. The molecule has 9 heteroatoms. The number of rotatable bonds is 5. The van der Waals surface area contributed by atoms with E-state index in [1.54, 1.807) is 18.2 Å². The van der Waals surface area contributed by atoms with Crippen molar-refractivity contribution in [2.75, 3.05) is 0 Å². The van der Waals surface area contributed by atoms with Crippen LogP contribution in [0.5, 0.6) is 0 Å². The summed E-state index contributed by atoms with van der Waals surface area (Å²) in [6.45, 7) is 0. The molecule has 1 unspecified atom stereocenters. The van der Waals surface area contributed by atoms with Gasteiger partial charge in [0.1, 0.15) is 16.3 Å². The van der Waals surface area contributed by atoms with Crippen LogP contribution < -0.4 is 0 Å². The van der Waals surface area contributed by atoms with Gasteiger partial charge in [-0.3, -0.25) is 9.89 Å². The van der Waals surface area contributed by atoms with Gasteiger partial charge in [-0.05, 0) is 6.42 Å². The molecule has 1 atom stereocenters. The number of ketones is 1. The monoisotopic (exact) mass is 324 g/mol. The number of carboxylic acid groups (broad SMARTS) is 1. The number of aliphatic hydroxyl groups is 1. The first-order chi connectivity index (χ1) is 10.3. The molecule has 3 N–H and O–H groups in total. The minimum Gasteiger partial charge on any atom is -0.506 e. The number of carboxylic acids is 1. The summed E-state index contributed by atoms with van der Waals surface area (Å²) < 4.78 is 25.0. The summed E-state index contributed by atoms with van der Waals surface area (Å²) in [6, 6.07) is 0. The topological polar surface area (TPSA) is 137 Å². The molecule has 1 aliphatic carbocycles. The molecule has 0 saturated carbocycles. The fourth-order valence-electron chi connectivity index (χ4n) is 1.88. The summed E-state index contributed by atoms with van der Waals surface area (Å²) in [5.74, 6) is -3.95. The second kappa shape index (κ2) is 5.98. The predicted octanol–water partition coefficient (Wildman–Crippen LogP) is 0.621. The number of aromatic nitrogens is 2. The molecule has 8 nitrogen and oxygen atoms in total. The Morgan fingerprint density at radius 3 is 2.64 bits per heavy atom. The van der Waals surface area contributed by atoms with Gasteiger partial charge in [0, 0.05) is 6.08 Å². The lowest BCUT2D eigenvalue weighted by Crippen LogP contribution is -2.20. The van der Waals surface area contributed by atoms with Crippen LogP contribution in [0.1, 0.15) is 12.1 Å². The van der Waals surface area contributed by atoms with E-state index in [1.165, 1.54) is 6.08 Å². The zero-order valence-electron chi connectivity index (χ0n) is 11.1. The van der Waals surface area contributed by atoms with E-state index in [9.17, 15) is 23.1 Å². The molecule has 0 saturated heterocycles. The number of allylic oxidation sites excluding steroid dienone is 3. The molecule has 0 radical (unpaired) electrons. The quantitative estimate of drug-likeness (QED) is 0.410. The van der Waals surface area contributed by atoms with Crippen LogP contribution in [-0.4, -0.2) is 45.8 Å². The molecule has 0 amide bonds. The summed E-state index contributed by atoms with van der Waals surface area (Å²) in [5, 5.41) is 23.3. The van der Waals surface area contributed by atoms with Gasteiger partial charge in [0.2, 0.25) is 0 Å². The van der Waals surface area contributed by atoms with Crippen molar-refractivity contribution < 1.29 is 28.2 Å². The number of H-pyrrole nitrogens is 1. The number of sulfone groups is 1. The van der Waals surface area contributed by atoms with E-state index in [1.807, 2.05) is 0 Å². The summed E-state index contributed by atoms with van der Waals surface area (Å²) in [6.07, 6.45) is 8.18. The number of hydrogen-bond acceptors (Lipinski definition) is 6. The van der Waals surface area contributed by atoms with Crippen molar-refractivity contribution in [2.24, 2.45) is 0 Å². The van der Waals surface area contributed by atoms with Crippen molar-refractivity contribution in [1.82, 2.24) is 10.2 Å². The summed E-state index contributed by atoms with van der Waals surface area (Å²) in [4.78, 5) is 21.2. The molecular formula is C13H12N2O6S. The van der Waals surface area contributed by atoms with E-state index in [0.717, 1.165) is 6.20 Å². The Labute approximate surface area is 125 Å². The number of aliphatic carboxylic acids is 1. The molecule has 1 heterocycles. The van der Waals surface area contributed by atoms with Crippen LogP contribution in [0.2, 0.25) is 0 Å².